The summed E-state index contributed by atoms with van der Waals surface area (Å²) in [6.07, 6.45) is 1.51. The van der Waals surface area contributed by atoms with Crippen molar-refractivity contribution in [2.45, 2.75) is 13.8 Å². The fourth-order valence-electron chi connectivity index (χ4n) is 2.07. The van der Waals surface area contributed by atoms with E-state index in [9.17, 15) is 4.79 Å². The lowest BCUT2D eigenvalue weighted by atomic mass is 10.2. The van der Waals surface area contributed by atoms with Gasteiger partial charge in [-0.05, 0) is 44.2 Å². The molecule has 1 N–H and O–H groups in total. The summed E-state index contributed by atoms with van der Waals surface area (Å²) in [5.41, 5.74) is 2.63. The molecule has 0 saturated heterocycles. The van der Waals surface area contributed by atoms with Crippen LogP contribution in [0.25, 0.3) is 0 Å². The van der Waals surface area contributed by atoms with Crippen molar-refractivity contribution in [3.63, 3.8) is 0 Å². The summed E-state index contributed by atoms with van der Waals surface area (Å²) in [7, 11) is 1.57. The molecule has 0 unspecified atom stereocenters. The predicted octanol–water partition coefficient (Wildman–Crippen LogP) is 3.39. The van der Waals surface area contributed by atoms with Crippen LogP contribution < -0.4 is 14.8 Å². The van der Waals surface area contributed by atoms with Crippen LogP contribution in [0.3, 0.4) is 0 Å². The van der Waals surface area contributed by atoms with Crippen molar-refractivity contribution in [1.82, 2.24) is 0 Å². The lowest BCUT2D eigenvalue weighted by molar-refractivity contribution is -0.120. The van der Waals surface area contributed by atoms with Crippen molar-refractivity contribution in [2.75, 3.05) is 25.6 Å². The van der Waals surface area contributed by atoms with Crippen molar-refractivity contribution < 1.29 is 19.1 Å². The highest BCUT2D eigenvalue weighted by Crippen LogP contribution is 2.27. The van der Waals surface area contributed by atoms with E-state index in [1.54, 1.807) is 19.2 Å². The number of carbonyl (C=O) groups excluding carboxylic acids is 1. The van der Waals surface area contributed by atoms with Crippen LogP contribution in [0.2, 0.25) is 0 Å². The zero-order chi connectivity index (χ0) is 18.1. The Bertz CT molecular complexity index is 727. The van der Waals surface area contributed by atoms with Gasteiger partial charge in [0.2, 0.25) is 0 Å². The molecule has 1 amide bonds. The first-order chi connectivity index (χ1) is 12.1. The number of rotatable bonds is 8. The average Bonchev–Trinajstić information content (AvgIpc) is 2.62. The lowest BCUT2D eigenvalue weighted by Gasteiger charge is -2.09. The molecule has 0 atom stereocenters. The molecule has 6 heteroatoms. The summed E-state index contributed by atoms with van der Waals surface area (Å²) in [5.74, 6) is 1.01. The van der Waals surface area contributed by atoms with Crippen molar-refractivity contribution in [2.24, 2.45) is 5.16 Å². The summed E-state index contributed by atoms with van der Waals surface area (Å²) >= 11 is 0. The Hall–Kier alpha value is -3.02. The molecule has 25 heavy (non-hydrogen) atoms. The van der Waals surface area contributed by atoms with E-state index in [2.05, 4.69) is 10.5 Å². The molecule has 0 spiro atoms. The molecule has 0 radical (unpaired) electrons. The van der Waals surface area contributed by atoms with Crippen LogP contribution in [0.5, 0.6) is 11.5 Å². The van der Waals surface area contributed by atoms with Crippen molar-refractivity contribution in [3.8, 4) is 11.5 Å². The van der Waals surface area contributed by atoms with Crippen LogP contribution >= 0.6 is 0 Å². The van der Waals surface area contributed by atoms with E-state index in [0.29, 0.717) is 18.1 Å². The monoisotopic (exact) mass is 342 g/mol. The molecular weight excluding hydrogens is 320 g/mol. The molecule has 6 nitrogen and oxygen atoms in total. The Kier molecular flexibility index (Phi) is 6.83. The third-order valence-corrected chi connectivity index (χ3v) is 3.29. The highest BCUT2D eigenvalue weighted by molar-refractivity contribution is 5.91. The number of ether oxygens (including phenoxy) is 2. The highest BCUT2D eigenvalue weighted by Gasteiger charge is 2.05. The number of hydrogen-bond donors (Lipinski definition) is 1. The van der Waals surface area contributed by atoms with Crippen molar-refractivity contribution >= 4 is 17.8 Å². The third kappa shape index (κ3) is 5.84. The number of methoxy groups -OCH3 is 1. The predicted molar refractivity (Wildman–Crippen MR) is 97.5 cm³/mol. The highest BCUT2D eigenvalue weighted by atomic mass is 16.6. The smallest absolute Gasteiger partial charge is 0.265 e. The van der Waals surface area contributed by atoms with E-state index in [1.807, 2.05) is 44.2 Å². The maximum atomic E-state index is 11.8. The molecule has 132 valence electrons. The SMILES string of the molecule is CCOc1ccc(/C=N/OCC(=O)Nc2ccc(C)cc2)cc1OC. The van der Waals surface area contributed by atoms with Crippen LogP contribution in [-0.2, 0) is 9.63 Å². The van der Waals surface area contributed by atoms with E-state index < -0.39 is 0 Å². The molecule has 0 heterocycles. The van der Waals surface area contributed by atoms with Crippen LogP contribution in [-0.4, -0.2) is 32.4 Å². The Labute approximate surface area is 147 Å². The number of nitrogens with one attached hydrogen (secondary N) is 1. The molecule has 0 fully saturated rings. The number of nitrogens with zero attached hydrogens (tertiary/aromatic N) is 1. The zero-order valence-corrected chi connectivity index (χ0v) is 14.6. The summed E-state index contributed by atoms with van der Waals surface area (Å²) in [6.45, 7) is 4.28. The van der Waals surface area contributed by atoms with Gasteiger partial charge in [-0.25, -0.2) is 0 Å². The topological polar surface area (TPSA) is 69.2 Å². The van der Waals surface area contributed by atoms with Gasteiger partial charge >= 0.3 is 0 Å². The fourth-order valence-corrected chi connectivity index (χ4v) is 2.07. The number of amides is 1. The molecular formula is C19H22N2O4. The third-order valence-electron chi connectivity index (χ3n) is 3.29. The lowest BCUT2D eigenvalue weighted by Crippen LogP contribution is -2.16. The largest absolute Gasteiger partial charge is 0.493 e. The van der Waals surface area contributed by atoms with Gasteiger partial charge in [0, 0.05) is 11.3 Å². The Balaban J connectivity index is 1.84. The first-order valence-corrected chi connectivity index (χ1v) is 7.95. The number of oxime groups is 1. The van der Waals surface area contributed by atoms with Crippen LogP contribution in [0.1, 0.15) is 18.1 Å². The molecule has 0 aromatic heterocycles. The Morgan fingerprint density at radius 3 is 2.60 bits per heavy atom. The summed E-state index contributed by atoms with van der Waals surface area (Å²) in [5, 5.41) is 6.54. The number of aryl methyl sites for hydroxylation is 1. The quantitative estimate of drug-likeness (QED) is 0.590. The first kappa shape index (κ1) is 18.3. The Morgan fingerprint density at radius 1 is 1.16 bits per heavy atom. The minimum absolute atomic E-state index is 0.168. The van der Waals surface area contributed by atoms with Gasteiger partial charge in [-0.2, -0.15) is 0 Å². The summed E-state index contributed by atoms with van der Waals surface area (Å²) in [4.78, 5) is 16.8. The van der Waals surface area contributed by atoms with E-state index in [4.69, 9.17) is 14.3 Å². The number of hydrogen-bond acceptors (Lipinski definition) is 5. The maximum absolute atomic E-state index is 11.8. The van der Waals surface area contributed by atoms with Gasteiger partial charge in [0.05, 0.1) is 19.9 Å². The van der Waals surface area contributed by atoms with Gasteiger partial charge in [-0.1, -0.05) is 22.9 Å². The van der Waals surface area contributed by atoms with Gasteiger partial charge in [-0.15, -0.1) is 0 Å². The maximum Gasteiger partial charge on any atom is 0.265 e. The molecule has 0 saturated carbocycles. The second-order valence-corrected chi connectivity index (χ2v) is 5.27. The van der Waals surface area contributed by atoms with Gasteiger partial charge in [-0.3, -0.25) is 4.79 Å². The minimum Gasteiger partial charge on any atom is -0.493 e. The molecule has 0 bridgehead atoms. The van der Waals surface area contributed by atoms with Crippen LogP contribution in [0.15, 0.2) is 47.6 Å². The van der Waals surface area contributed by atoms with Gasteiger partial charge < -0.3 is 19.6 Å². The molecule has 2 rings (SSSR count). The summed E-state index contributed by atoms with van der Waals surface area (Å²) in [6, 6.07) is 12.9. The van der Waals surface area contributed by atoms with Crippen LogP contribution in [0.4, 0.5) is 5.69 Å². The second kappa shape index (κ2) is 9.32. The van der Waals surface area contributed by atoms with Crippen LogP contribution in [0, 0.1) is 6.92 Å². The molecule has 2 aromatic rings. The van der Waals surface area contributed by atoms with E-state index in [1.165, 1.54) is 6.21 Å². The number of carbonyl (C=O) groups is 1. The van der Waals surface area contributed by atoms with E-state index >= 15 is 0 Å². The molecule has 0 aliphatic rings. The normalized spacial score (nSPS) is 10.5. The molecule has 0 aliphatic heterocycles. The van der Waals surface area contributed by atoms with Gasteiger partial charge in [0.15, 0.2) is 18.1 Å². The van der Waals surface area contributed by atoms with E-state index in [0.717, 1.165) is 16.8 Å². The van der Waals surface area contributed by atoms with Gasteiger partial charge in [0.25, 0.3) is 5.91 Å². The van der Waals surface area contributed by atoms with Crippen molar-refractivity contribution in [3.05, 3.63) is 53.6 Å². The zero-order valence-electron chi connectivity index (χ0n) is 14.6. The number of benzene rings is 2. The fraction of sp³-hybridized carbons (Fsp3) is 0.263. The Morgan fingerprint density at radius 2 is 1.92 bits per heavy atom. The molecule has 0 aliphatic carbocycles. The first-order valence-electron chi connectivity index (χ1n) is 7.95. The average molecular weight is 342 g/mol. The number of anilines is 1. The summed E-state index contributed by atoms with van der Waals surface area (Å²) < 4.78 is 10.7. The van der Waals surface area contributed by atoms with E-state index in [-0.39, 0.29) is 12.5 Å². The second-order valence-electron chi connectivity index (χ2n) is 5.27. The minimum atomic E-state index is -0.273. The standard InChI is InChI=1S/C19H22N2O4/c1-4-24-17-10-7-15(11-18(17)23-3)12-20-25-13-19(22)21-16-8-5-14(2)6-9-16/h5-12H,4,13H2,1-3H3,(H,21,22)/b20-12+. The van der Waals surface area contributed by atoms with Gasteiger partial charge in [0.1, 0.15) is 0 Å². The molecule has 2 aromatic carbocycles. The van der Waals surface area contributed by atoms with Crippen molar-refractivity contribution in [1.29, 1.82) is 0 Å².